The maximum atomic E-state index is 6.18. The second-order valence-electron chi connectivity index (χ2n) is 5.29. The van der Waals surface area contributed by atoms with E-state index in [2.05, 4.69) is 34.8 Å². The minimum Gasteiger partial charge on any atom is -0.382 e. The van der Waals surface area contributed by atoms with Crippen LogP contribution in [0.1, 0.15) is 27.2 Å². The summed E-state index contributed by atoms with van der Waals surface area (Å²) in [5.74, 6) is 0. The van der Waals surface area contributed by atoms with Gasteiger partial charge in [0.25, 0.3) is 0 Å². The number of nitrogens with one attached hydrogen (secondary N) is 1. The zero-order chi connectivity index (χ0) is 12.5. The van der Waals surface area contributed by atoms with Gasteiger partial charge in [0.05, 0.1) is 22.4 Å². The van der Waals surface area contributed by atoms with Gasteiger partial charge in [-0.3, -0.25) is 0 Å². The molecule has 0 saturated carbocycles. The summed E-state index contributed by atoms with van der Waals surface area (Å²) < 4.78 is 8.49. The van der Waals surface area contributed by atoms with Crippen LogP contribution in [-0.2, 0) is 0 Å². The normalized spacial score (nSPS) is 12.0. The standard InChI is InChI=1S/C12H16ClN3S/c1-12(2,3)6-7-14-10-8(13)4-5-9-11(10)16-17-15-9/h4-5,14H,6-7H2,1-3H3. The Morgan fingerprint density at radius 2 is 2.06 bits per heavy atom. The van der Waals surface area contributed by atoms with Crippen LogP contribution in [0.2, 0.25) is 5.02 Å². The van der Waals surface area contributed by atoms with Crippen molar-refractivity contribution in [3.05, 3.63) is 17.2 Å². The molecular formula is C12H16ClN3S. The lowest BCUT2D eigenvalue weighted by atomic mass is 9.92. The highest BCUT2D eigenvalue weighted by atomic mass is 35.5. The lowest BCUT2D eigenvalue weighted by molar-refractivity contribution is 0.390. The van der Waals surface area contributed by atoms with E-state index >= 15 is 0 Å². The Balaban J connectivity index is 2.17. The molecule has 0 unspecified atom stereocenters. The second-order valence-corrected chi connectivity index (χ2v) is 6.23. The monoisotopic (exact) mass is 269 g/mol. The van der Waals surface area contributed by atoms with Gasteiger partial charge in [0, 0.05) is 6.54 Å². The molecule has 0 fully saturated rings. The van der Waals surface area contributed by atoms with Crippen molar-refractivity contribution in [3.8, 4) is 0 Å². The van der Waals surface area contributed by atoms with E-state index in [1.54, 1.807) is 0 Å². The minimum atomic E-state index is 0.313. The van der Waals surface area contributed by atoms with Crippen LogP contribution in [0.5, 0.6) is 0 Å². The Morgan fingerprint density at radius 1 is 1.29 bits per heavy atom. The van der Waals surface area contributed by atoms with Gasteiger partial charge < -0.3 is 5.32 Å². The molecule has 1 N–H and O–H groups in total. The summed E-state index contributed by atoms with van der Waals surface area (Å²) in [5, 5.41) is 4.08. The molecule has 17 heavy (non-hydrogen) atoms. The Morgan fingerprint density at radius 3 is 2.76 bits per heavy atom. The van der Waals surface area contributed by atoms with E-state index in [0.717, 1.165) is 29.7 Å². The van der Waals surface area contributed by atoms with Crippen molar-refractivity contribution in [3.63, 3.8) is 0 Å². The molecule has 0 aliphatic carbocycles. The maximum absolute atomic E-state index is 6.18. The smallest absolute Gasteiger partial charge is 0.129 e. The fourth-order valence-corrected chi connectivity index (χ4v) is 2.32. The number of nitrogens with zero attached hydrogens (tertiary/aromatic N) is 2. The van der Waals surface area contributed by atoms with Crippen molar-refractivity contribution in [1.29, 1.82) is 0 Å². The van der Waals surface area contributed by atoms with E-state index in [-0.39, 0.29) is 0 Å². The van der Waals surface area contributed by atoms with Crippen LogP contribution in [-0.4, -0.2) is 15.3 Å². The van der Waals surface area contributed by atoms with Crippen LogP contribution in [0.15, 0.2) is 12.1 Å². The van der Waals surface area contributed by atoms with Crippen LogP contribution in [0.4, 0.5) is 5.69 Å². The molecule has 0 atom stereocenters. The fourth-order valence-electron chi connectivity index (χ4n) is 1.56. The van der Waals surface area contributed by atoms with Gasteiger partial charge in [-0.05, 0) is 24.0 Å². The molecule has 1 heterocycles. The van der Waals surface area contributed by atoms with Gasteiger partial charge >= 0.3 is 0 Å². The summed E-state index contributed by atoms with van der Waals surface area (Å²) in [6.45, 7) is 7.56. The number of anilines is 1. The van der Waals surface area contributed by atoms with Crippen molar-refractivity contribution in [2.45, 2.75) is 27.2 Å². The van der Waals surface area contributed by atoms with E-state index in [0.29, 0.717) is 10.4 Å². The Labute approximate surface area is 111 Å². The average Bonchev–Trinajstić information content (AvgIpc) is 2.67. The summed E-state index contributed by atoms with van der Waals surface area (Å²) in [6, 6.07) is 3.76. The predicted octanol–water partition coefficient (Wildman–Crippen LogP) is 4.19. The first kappa shape index (κ1) is 12.6. The zero-order valence-electron chi connectivity index (χ0n) is 10.2. The molecule has 2 aromatic rings. The van der Waals surface area contributed by atoms with Gasteiger partial charge in [-0.25, -0.2) is 0 Å². The molecule has 0 amide bonds. The average molecular weight is 270 g/mol. The molecule has 1 aromatic heterocycles. The van der Waals surface area contributed by atoms with Crippen molar-refractivity contribution in [2.75, 3.05) is 11.9 Å². The lowest BCUT2D eigenvalue weighted by Crippen LogP contribution is -2.13. The molecule has 3 nitrogen and oxygen atoms in total. The van der Waals surface area contributed by atoms with Gasteiger partial charge in [-0.2, -0.15) is 8.75 Å². The van der Waals surface area contributed by atoms with Crippen molar-refractivity contribution >= 4 is 40.0 Å². The molecule has 0 saturated heterocycles. The first-order valence-corrected chi connectivity index (χ1v) is 6.73. The Kier molecular flexibility index (Phi) is 3.54. The topological polar surface area (TPSA) is 37.8 Å². The molecule has 92 valence electrons. The van der Waals surface area contributed by atoms with Gasteiger partial charge in [-0.1, -0.05) is 32.4 Å². The minimum absolute atomic E-state index is 0.313. The van der Waals surface area contributed by atoms with Crippen molar-refractivity contribution in [1.82, 2.24) is 8.75 Å². The highest BCUT2D eigenvalue weighted by Gasteiger charge is 2.12. The molecule has 1 aromatic carbocycles. The van der Waals surface area contributed by atoms with Crippen molar-refractivity contribution < 1.29 is 0 Å². The summed E-state index contributed by atoms with van der Waals surface area (Å²) >= 11 is 7.40. The Hall–Kier alpha value is -0.870. The molecule has 0 aliphatic rings. The largest absolute Gasteiger partial charge is 0.382 e. The number of hydrogen-bond acceptors (Lipinski definition) is 4. The first-order valence-electron chi connectivity index (χ1n) is 5.62. The predicted molar refractivity (Wildman–Crippen MR) is 75.0 cm³/mol. The third kappa shape index (κ3) is 3.07. The van der Waals surface area contributed by atoms with E-state index in [9.17, 15) is 0 Å². The van der Waals surface area contributed by atoms with Gasteiger partial charge in [0.2, 0.25) is 0 Å². The van der Waals surface area contributed by atoms with Crippen LogP contribution in [0.3, 0.4) is 0 Å². The molecule has 2 rings (SSSR count). The quantitative estimate of drug-likeness (QED) is 0.908. The van der Waals surface area contributed by atoms with E-state index in [1.807, 2.05) is 12.1 Å². The highest BCUT2D eigenvalue weighted by Crippen LogP contribution is 2.30. The SMILES string of the molecule is CC(C)(C)CCNc1c(Cl)ccc2nsnc12. The maximum Gasteiger partial charge on any atom is 0.129 e. The first-order chi connectivity index (χ1) is 7.97. The van der Waals surface area contributed by atoms with Crippen LogP contribution >= 0.6 is 23.3 Å². The van der Waals surface area contributed by atoms with Gasteiger partial charge in [0.1, 0.15) is 11.0 Å². The second kappa shape index (κ2) is 4.78. The van der Waals surface area contributed by atoms with Crippen LogP contribution in [0, 0.1) is 5.41 Å². The highest BCUT2D eigenvalue weighted by molar-refractivity contribution is 7.00. The number of rotatable bonds is 3. The molecule has 0 aliphatic heterocycles. The van der Waals surface area contributed by atoms with Gasteiger partial charge in [0.15, 0.2) is 0 Å². The number of fused-ring (bicyclic) bond motifs is 1. The number of halogens is 1. The number of hydrogen-bond donors (Lipinski definition) is 1. The lowest BCUT2D eigenvalue weighted by Gasteiger charge is -2.19. The van der Waals surface area contributed by atoms with Gasteiger partial charge in [-0.15, -0.1) is 0 Å². The summed E-state index contributed by atoms with van der Waals surface area (Å²) in [7, 11) is 0. The number of aromatic nitrogens is 2. The summed E-state index contributed by atoms with van der Waals surface area (Å²) in [6.07, 6.45) is 1.08. The summed E-state index contributed by atoms with van der Waals surface area (Å²) in [5.41, 5.74) is 2.99. The molecule has 5 heteroatoms. The molecule has 0 radical (unpaired) electrons. The molecule has 0 spiro atoms. The number of benzene rings is 1. The third-order valence-corrected chi connectivity index (χ3v) is 3.41. The zero-order valence-corrected chi connectivity index (χ0v) is 11.8. The fraction of sp³-hybridized carbons (Fsp3) is 0.500. The van der Waals surface area contributed by atoms with E-state index < -0.39 is 0 Å². The van der Waals surface area contributed by atoms with Crippen LogP contribution < -0.4 is 5.32 Å². The van der Waals surface area contributed by atoms with Crippen molar-refractivity contribution in [2.24, 2.45) is 5.41 Å². The third-order valence-electron chi connectivity index (χ3n) is 2.55. The Bertz CT molecular complexity index is 516. The van der Waals surface area contributed by atoms with E-state index in [1.165, 1.54) is 11.7 Å². The summed E-state index contributed by atoms with van der Waals surface area (Å²) in [4.78, 5) is 0. The molecular weight excluding hydrogens is 254 g/mol. The van der Waals surface area contributed by atoms with E-state index in [4.69, 9.17) is 11.6 Å². The van der Waals surface area contributed by atoms with Crippen LogP contribution in [0.25, 0.3) is 11.0 Å². The molecule has 0 bridgehead atoms.